The van der Waals surface area contributed by atoms with E-state index in [0.29, 0.717) is 6.04 Å². The summed E-state index contributed by atoms with van der Waals surface area (Å²) in [7, 11) is 0. The molecule has 0 radical (unpaired) electrons. The Morgan fingerprint density at radius 3 is 2.06 bits per heavy atom. The largest absolute Gasteiger partial charge is 0.305 e. The minimum atomic E-state index is 0.165. The van der Waals surface area contributed by atoms with Crippen LogP contribution in [0.4, 0.5) is 0 Å². The van der Waals surface area contributed by atoms with Crippen LogP contribution in [-0.4, -0.2) is 18.4 Å². The molecule has 0 bridgehead atoms. The number of unbranched alkanes of at least 4 members (excludes halogenated alkanes) is 8. The molecule has 1 rings (SSSR count). The van der Waals surface area contributed by atoms with Gasteiger partial charge in [0.25, 0.3) is 0 Å². The second-order valence-electron chi connectivity index (χ2n) is 5.46. The quantitative estimate of drug-likeness (QED) is 0.438. The molecule has 0 amide bonds. The zero-order valence-corrected chi connectivity index (χ0v) is 11.4. The van der Waals surface area contributed by atoms with Crippen molar-refractivity contribution < 1.29 is 4.79 Å². The standard InChI is InChI=1S/C15H29NO/c1-2-3-4-5-6-7-8-9-10-11-14-12-15(13-17)16-14/h13-16H,2-12H2,1H3. The molecule has 2 unspecified atom stereocenters. The van der Waals surface area contributed by atoms with Crippen molar-refractivity contribution in [2.24, 2.45) is 0 Å². The van der Waals surface area contributed by atoms with Gasteiger partial charge in [-0.2, -0.15) is 0 Å². The Kier molecular flexibility index (Phi) is 8.33. The van der Waals surface area contributed by atoms with Gasteiger partial charge in [-0.15, -0.1) is 0 Å². The van der Waals surface area contributed by atoms with Crippen LogP contribution in [0.3, 0.4) is 0 Å². The zero-order valence-electron chi connectivity index (χ0n) is 11.4. The van der Waals surface area contributed by atoms with Gasteiger partial charge in [-0.3, -0.25) is 0 Å². The third-order valence-corrected chi connectivity index (χ3v) is 3.81. The van der Waals surface area contributed by atoms with E-state index in [1.54, 1.807) is 0 Å². The highest BCUT2D eigenvalue weighted by Crippen LogP contribution is 2.17. The first kappa shape index (κ1) is 14.7. The van der Waals surface area contributed by atoms with Crippen LogP contribution in [0.1, 0.15) is 77.6 Å². The summed E-state index contributed by atoms with van der Waals surface area (Å²) in [4.78, 5) is 10.4. The van der Waals surface area contributed by atoms with E-state index in [2.05, 4.69) is 12.2 Å². The van der Waals surface area contributed by atoms with Crippen LogP contribution >= 0.6 is 0 Å². The predicted molar refractivity (Wildman–Crippen MR) is 73.2 cm³/mol. The van der Waals surface area contributed by atoms with Crippen molar-refractivity contribution in [2.75, 3.05) is 0 Å². The number of nitrogens with one attached hydrogen (secondary N) is 1. The molecule has 17 heavy (non-hydrogen) atoms. The fourth-order valence-corrected chi connectivity index (χ4v) is 2.58. The van der Waals surface area contributed by atoms with E-state index in [1.807, 2.05) is 0 Å². The summed E-state index contributed by atoms with van der Waals surface area (Å²) in [6.45, 7) is 2.27. The molecule has 0 aromatic rings. The molecule has 0 spiro atoms. The summed E-state index contributed by atoms with van der Waals surface area (Å²) in [6.07, 6.45) is 15.9. The highest BCUT2D eigenvalue weighted by atomic mass is 16.1. The molecule has 0 aromatic carbocycles. The van der Waals surface area contributed by atoms with Crippen LogP contribution in [0.5, 0.6) is 0 Å². The van der Waals surface area contributed by atoms with Crippen molar-refractivity contribution in [1.82, 2.24) is 5.32 Å². The first-order valence-corrected chi connectivity index (χ1v) is 7.58. The lowest BCUT2D eigenvalue weighted by Gasteiger charge is -2.33. The van der Waals surface area contributed by atoms with Crippen LogP contribution in [-0.2, 0) is 4.79 Å². The molecule has 1 N–H and O–H groups in total. The highest BCUT2D eigenvalue weighted by molar-refractivity contribution is 5.59. The van der Waals surface area contributed by atoms with Crippen LogP contribution in [0.15, 0.2) is 0 Å². The van der Waals surface area contributed by atoms with Crippen molar-refractivity contribution in [3.8, 4) is 0 Å². The molecule has 1 aliphatic rings. The summed E-state index contributed by atoms with van der Waals surface area (Å²) in [5.74, 6) is 0. The van der Waals surface area contributed by atoms with Crippen molar-refractivity contribution >= 4 is 6.29 Å². The number of carbonyl (C=O) groups excluding carboxylic acids is 1. The molecular weight excluding hydrogens is 210 g/mol. The van der Waals surface area contributed by atoms with Gasteiger partial charge < -0.3 is 10.1 Å². The second kappa shape index (κ2) is 9.64. The maximum atomic E-state index is 10.4. The Morgan fingerprint density at radius 2 is 1.53 bits per heavy atom. The van der Waals surface area contributed by atoms with Crippen molar-refractivity contribution in [2.45, 2.75) is 89.6 Å². The van der Waals surface area contributed by atoms with E-state index in [9.17, 15) is 4.79 Å². The predicted octanol–water partition coefficient (Wildman–Crippen LogP) is 3.84. The van der Waals surface area contributed by atoms with Gasteiger partial charge in [0.15, 0.2) is 0 Å². The third kappa shape index (κ3) is 6.82. The first-order chi connectivity index (χ1) is 8.36. The van der Waals surface area contributed by atoms with Crippen molar-refractivity contribution in [3.63, 3.8) is 0 Å². The second-order valence-corrected chi connectivity index (χ2v) is 5.46. The van der Waals surface area contributed by atoms with E-state index in [1.165, 1.54) is 64.2 Å². The molecule has 1 saturated heterocycles. The molecule has 0 saturated carbocycles. The van der Waals surface area contributed by atoms with Crippen LogP contribution < -0.4 is 5.32 Å². The summed E-state index contributed by atoms with van der Waals surface area (Å²) < 4.78 is 0. The average Bonchev–Trinajstić information content (AvgIpc) is 2.29. The molecule has 2 heteroatoms. The van der Waals surface area contributed by atoms with Crippen LogP contribution in [0, 0.1) is 0 Å². The van der Waals surface area contributed by atoms with E-state index < -0.39 is 0 Å². The zero-order chi connectivity index (χ0) is 12.3. The van der Waals surface area contributed by atoms with Gasteiger partial charge in [-0.25, -0.2) is 0 Å². The summed E-state index contributed by atoms with van der Waals surface area (Å²) in [6, 6.07) is 0.799. The monoisotopic (exact) mass is 239 g/mol. The Balaban J connectivity index is 1.72. The molecule has 0 aromatic heterocycles. The molecule has 1 fully saturated rings. The number of carbonyl (C=O) groups is 1. The smallest absolute Gasteiger partial charge is 0.136 e. The van der Waals surface area contributed by atoms with Gasteiger partial charge in [-0.05, 0) is 12.8 Å². The van der Waals surface area contributed by atoms with Gasteiger partial charge in [0, 0.05) is 6.04 Å². The third-order valence-electron chi connectivity index (χ3n) is 3.81. The Hall–Kier alpha value is -0.370. The summed E-state index contributed by atoms with van der Waals surface area (Å²) >= 11 is 0. The maximum absolute atomic E-state index is 10.4. The van der Waals surface area contributed by atoms with E-state index in [4.69, 9.17) is 0 Å². The molecule has 0 aliphatic carbocycles. The number of hydrogen-bond acceptors (Lipinski definition) is 2. The first-order valence-electron chi connectivity index (χ1n) is 7.58. The fourth-order valence-electron chi connectivity index (χ4n) is 2.58. The van der Waals surface area contributed by atoms with Gasteiger partial charge >= 0.3 is 0 Å². The lowest BCUT2D eigenvalue weighted by molar-refractivity contribution is -0.111. The van der Waals surface area contributed by atoms with Crippen LogP contribution in [0.2, 0.25) is 0 Å². The minimum absolute atomic E-state index is 0.165. The van der Waals surface area contributed by atoms with Crippen molar-refractivity contribution in [1.29, 1.82) is 0 Å². The van der Waals surface area contributed by atoms with Gasteiger partial charge in [-0.1, -0.05) is 64.7 Å². The molecule has 1 aliphatic heterocycles. The van der Waals surface area contributed by atoms with E-state index in [0.717, 1.165) is 12.7 Å². The van der Waals surface area contributed by atoms with Gasteiger partial charge in [0.2, 0.25) is 0 Å². The van der Waals surface area contributed by atoms with Gasteiger partial charge in [0.05, 0.1) is 6.04 Å². The molecular formula is C15H29NO. The molecule has 2 nitrogen and oxygen atoms in total. The molecule has 1 heterocycles. The lowest BCUT2D eigenvalue weighted by atomic mass is 9.93. The number of rotatable bonds is 11. The Labute approximate surface area is 107 Å². The highest BCUT2D eigenvalue weighted by Gasteiger charge is 2.26. The lowest BCUT2D eigenvalue weighted by Crippen LogP contribution is -2.52. The normalized spacial score (nSPS) is 23.4. The Morgan fingerprint density at radius 1 is 1.00 bits per heavy atom. The van der Waals surface area contributed by atoms with Crippen molar-refractivity contribution in [3.05, 3.63) is 0 Å². The number of hydrogen-bond donors (Lipinski definition) is 1. The summed E-state index contributed by atoms with van der Waals surface area (Å²) in [5.41, 5.74) is 0. The topological polar surface area (TPSA) is 29.1 Å². The molecule has 2 atom stereocenters. The summed E-state index contributed by atoms with van der Waals surface area (Å²) in [5, 5.41) is 3.29. The molecule has 100 valence electrons. The van der Waals surface area contributed by atoms with Crippen LogP contribution in [0.25, 0.3) is 0 Å². The van der Waals surface area contributed by atoms with Gasteiger partial charge in [0.1, 0.15) is 6.29 Å². The number of aldehydes is 1. The average molecular weight is 239 g/mol. The Bertz CT molecular complexity index is 187. The van der Waals surface area contributed by atoms with E-state index >= 15 is 0 Å². The SMILES string of the molecule is CCCCCCCCCCCC1CC(C=O)N1. The maximum Gasteiger partial charge on any atom is 0.136 e. The fraction of sp³-hybridized carbons (Fsp3) is 0.933. The minimum Gasteiger partial charge on any atom is -0.305 e. The van der Waals surface area contributed by atoms with E-state index in [-0.39, 0.29) is 6.04 Å².